The van der Waals surface area contributed by atoms with Gasteiger partial charge in [-0.05, 0) is 24.5 Å². The fourth-order valence-electron chi connectivity index (χ4n) is 4.31. The second-order valence-corrected chi connectivity index (χ2v) is 7.34. The second kappa shape index (κ2) is 4.98. The predicted octanol–water partition coefficient (Wildman–Crippen LogP) is 2.14. The Morgan fingerprint density at radius 3 is 3.04 bits per heavy atom. The summed E-state index contributed by atoms with van der Waals surface area (Å²) in [4.78, 5) is 11.9. The highest BCUT2D eigenvalue weighted by Crippen LogP contribution is 2.60. The van der Waals surface area contributed by atoms with Crippen molar-refractivity contribution in [2.45, 2.75) is 42.8 Å². The average Bonchev–Trinajstić information content (AvgIpc) is 2.85. The number of ether oxygens (including phenoxy) is 2. The predicted molar refractivity (Wildman–Crippen MR) is 87.7 cm³/mol. The number of methoxy groups -OCH3 is 1. The van der Waals surface area contributed by atoms with Crippen molar-refractivity contribution in [3.63, 3.8) is 0 Å². The lowest BCUT2D eigenvalue weighted by Crippen LogP contribution is -2.45. The monoisotopic (exact) mass is 379 g/mol. The van der Waals surface area contributed by atoms with Gasteiger partial charge in [0.05, 0.1) is 24.5 Å². The molecule has 4 rings (SSSR count). The van der Waals surface area contributed by atoms with Crippen molar-refractivity contribution in [3.8, 4) is 11.5 Å². The highest BCUT2D eigenvalue weighted by molar-refractivity contribution is 9.10. The maximum atomic E-state index is 11.9. The van der Waals surface area contributed by atoms with Crippen molar-refractivity contribution in [2.75, 3.05) is 7.11 Å². The zero-order valence-corrected chi connectivity index (χ0v) is 14.3. The molecule has 1 aromatic carbocycles. The van der Waals surface area contributed by atoms with Crippen LogP contribution in [0.5, 0.6) is 11.5 Å². The minimum atomic E-state index is -0.508. The molecule has 0 saturated heterocycles. The fraction of sp³-hybridized carbons (Fsp3) is 0.471. The molecule has 1 heterocycles. The zero-order valence-electron chi connectivity index (χ0n) is 12.7. The third-order valence-corrected chi connectivity index (χ3v) is 6.02. The van der Waals surface area contributed by atoms with E-state index in [0.29, 0.717) is 24.3 Å². The highest BCUT2D eigenvalue weighted by Gasteiger charge is 2.55. The molecule has 6 heteroatoms. The largest absolute Gasteiger partial charge is 0.493 e. The van der Waals surface area contributed by atoms with Crippen LogP contribution in [0.4, 0.5) is 0 Å². The lowest BCUT2D eigenvalue weighted by Gasteiger charge is -2.41. The number of rotatable bonds is 2. The second-order valence-electron chi connectivity index (χ2n) is 6.48. The Hall–Kier alpha value is -1.53. The summed E-state index contributed by atoms with van der Waals surface area (Å²) in [7, 11) is 1.60. The number of nitrogens with two attached hydrogens (primary N) is 1. The first-order chi connectivity index (χ1) is 11.0. The van der Waals surface area contributed by atoms with Crippen LogP contribution in [-0.4, -0.2) is 30.3 Å². The van der Waals surface area contributed by atoms with E-state index in [4.69, 9.17) is 15.2 Å². The minimum absolute atomic E-state index is 0.145. The number of benzene rings is 1. The highest BCUT2D eigenvalue weighted by atomic mass is 79.9. The van der Waals surface area contributed by atoms with Gasteiger partial charge in [-0.15, -0.1) is 0 Å². The number of primary amides is 1. The van der Waals surface area contributed by atoms with E-state index in [1.54, 1.807) is 7.11 Å². The summed E-state index contributed by atoms with van der Waals surface area (Å²) < 4.78 is 12.5. The quantitative estimate of drug-likeness (QED) is 0.771. The average molecular weight is 380 g/mol. The van der Waals surface area contributed by atoms with Crippen LogP contribution in [0.3, 0.4) is 0 Å². The Balaban J connectivity index is 2.01. The van der Waals surface area contributed by atoms with Gasteiger partial charge in [-0.2, -0.15) is 0 Å². The molecule has 1 aromatic rings. The van der Waals surface area contributed by atoms with Crippen molar-refractivity contribution in [1.29, 1.82) is 0 Å². The van der Waals surface area contributed by atoms with Crippen LogP contribution in [0, 0.1) is 0 Å². The van der Waals surface area contributed by atoms with E-state index in [0.717, 1.165) is 22.0 Å². The summed E-state index contributed by atoms with van der Waals surface area (Å²) in [6.45, 7) is 0. The van der Waals surface area contributed by atoms with Crippen LogP contribution in [0.1, 0.15) is 36.3 Å². The maximum absolute atomic E-state index is 11.9. The Labute approximate surface area is 142 Å². The molecule has 5 nitrogen and oxygen atoms in total. The molecular weight excluding hydrogens is 362 g/mol. The van der Waals surface area contributed by atoms with Crippen LogP contribution in [0.25, 0.3) is 0 Å². The van der Waals surface area contributed by atoms with Crippen LogP contribution >= 0.6 is 15.9 Å². The summed E-state index contributed by atoms with van der Waals surface area (Å²) in [6, 6.07) is 1.83. The summed E-state index contributed by atoms with van der Waals surface area (Å²) in [5.41, 5.74) is 7.22. The van der Waals surface area contributed by atoms with Gasteiger partial charge >= 0.3 is 0 Å². The molecule has 23 heavy (non-hydrogen) atoms. The molecule has 122 valence electrons. The number of hydrogen-bond donors (Lipinski definition) is 2. The van der Waals surface area contributed by atoms with Crippen LogP contribution in [-0.2, 0) is 10.2 Å². The Morgan fingerprint density at radius 1 is 1.57 bits per heavy atom. The molecule has 0 bridgehead atoms. The smallest absolute Gasteiger partial charge is 0.225 e. The lowest BCUT2D eigenvalue weighted by molar-refractivity contribution is -0.119. The van der Waals surface area contributed by atoms with E-state index in [1.807, 2.05) is 18.2 Å². The molecule has 1 aliphatic heterocycles. The number of aliphatic hydroxyl groups excluding tert-OH is 1. The third kappa shape index (κ3) is 1.91. The molecule has 3 N–H and O–H groups in total. The van der Waals surface area contributed by atoms with E-state index >= 15 is 0 Å². The van der Waals surface area contributed by atoms with Crippen molar-refractivity contribution in [1.82, 2.24) is 0 Å². The summed E-state index contributed by atoms with van der Waals surface area (Å²) in [5, 5.41) is 9.97. The Bertz CT molecular complexity index is 732. The first-order valence-corrected chi connectivity index (χ1v) is 8.51. The van der Waals surface area contributed by atoms with Gasteiger partial charge in [-0.1, -0.05) is 28.1 Å². The van der Waals surface area contributed by atoms with Crippen molar-refractivity contribution >= 4 is 21.8 Å². The summed E-state index contributed by atoms with van der Waals surface area (Å²) >= 11 is 3.58. The topological polar surface area (TPSA) is 81.8 Å². The molecular formula is C17H18BrNO4. The number of aliphatic hydroxyl groups is 1. The van der Waals surface area contributed by atoms with Crippen LogP contribution in [0.15, 0.2) is 22.7 Å². The van der Waals surface area contributed by atoms with E-state index in [1.165, 1.54) is 0 Å². The first-order valence-electron chi connectivity index (χ1n) is 7.72. The molecule has 1 amide bonds. The van der Waals surface area contributed by atoms with Gasteiger partial charge in [-0.25, -0.2) is 0 Å². The lowest BCUT2D eigenvalue weighted by atomic mass is 9.62. The summed E-state index contributed by atoms with van der Waals surface area (Å²) in [6.07, 6.45) is 5.20. The molecule has 4 atom stereocenters. The number of amides is 1. The first kappa shape index (κ1) is 15.0. The van der Waals surface area contributed by atoms with Gasteiger partial charge in [0.25, 0.3) is 0 Å². The number of halogens is 1. The van der Waals surface area contributed by atoms with E-state index in [9.17, 15) is 9.90 Å². The molecule has 0 radical (unpaired) electrons. The zero-order chi connectivity index (χ0) is 16.4. The van der Waals surface area contributed by atoms with Crippen LogP contribution < -0.4 is 15.2 Å². The third-order valence-electron chi connectivity index (χ3n) is 5.37. The minimum Gasteiger partial charge on any atom is -0.493 e. The SMILES string of the molecule is COc1cc(Br)c2c3c1OC1C[C@@H](O)C=CC31CCC2C(N)=O. The van der Waals surface area contributed by atoms with Crippen molar-refractivity contribution in [2.24, 2.45) is 5.73 Å². The van der Waals surface area contributed by atoms with Gasteiger partial charge in [0.1, 0.15) is 6.10 Å². The van der Waals surface area contributed by atoms with E-state index in [2.05, 4.69) is 15.9 Å². The summed E-state index contributed by atoms with van der Waals surface area (Å²) in [5.74, 6) is 0.659. The molecule has 0 fully saturated rings. The molecule has 1 spiro atoms. The van der Waals surface area contributed by atoms with Gasteiger partial charge in [0, 0.05) is 16.5 Å². The van der Waals surface area contributed by atoms with Gasteiger partial charge in [-0.3, -0.25) is 4.79 Å². The Kier molecular flexibility index (Phi) is 3.25. The number of hydrogen-bond acceptors (Lipinski definition) is 4. The normalized spacial score (nSPS) is 33.6. The van der Waals surface area contributed by atoms with E-state index in [-0.39, 0.29) is 23.3 Å². The van der Waals surface area contributed by atoms with Crippen molar-refractivity contribution in [3.05, 3.63) is 33.8 Å². The molecule has 0 saturated carbocycles. The fourth-order valence-corrected chi connectivity index (χ4v) is 5.00. The van der Waals surface area contributed by atoms with Gasteiger partial charge < -0.3 is 20.3 Å². The standard InChI is InChI=1S/C17H18BrNO4/c1-22-11-7-10(18)13-9(16(19)21)3-5-17-4-2-8(20)6-12(17)23-15(11)14(13)17/h2,4,7-9,12,20H,3,5-6H2,1H3,(H2,19,21)/t8-,9?,12?,17?/m0/s1. The van der Waals surface area contributed by atoms with Gasteiger partial charge in [0.2, 0.25) is 5.91 Å². The van der Waals surface area contributed by atoms with Crippen LogP contribution in [0.2, 0.25) is 0 Å². The number of carbonyl (C=O) groups excluding carboxylic acids is 1. The maximum Gasteiger partial charge on any atom is 0.225 e. The molecule has 0 aromatic heterocycles. The van der Waals surface area contributed by atoms with Gasteiger partial charge in [0.15, 0.2) is 11.5 Å². The molecule has 3 aliphatic rings. The Morgan fingerprint density at radius 2 is 2.35 bits per heavy atom. The van der Waals surface area contributed by atoms with E-state index < -0.39 is 6.10 Å². The molecule has 2 aliphatic carbocycles. The van der Waals surface area contributed by atoms with Crippen molar-refractivity contribution < 1.29 is 19.4 Å². The molecule has 3 unspecified atom stereocenters. The number of carbonyl (C=O) groups is 1.